The molecular weight excluding hydrogens is 366 g/mol. The number of benzene rings is 2. The van der Waals surface area contributed by atoms with Crippen molar-refractivity contribution >= 4 is 56.5 Å². The van der Waals surface area contributed by atoms with E-state index in [-0.39, 0.29) is 20.7 Å². The molecule has 3 nitrogen and oxygen atoms in total. The molecule has 0 atom stereocenters. The summed E-state index contributed by atoms with van der Waals surface area (Å²) in [5.74, 6) is -0.0397. The Morgan fingerprint density at radius 1 is 0.800 bits per heavy atom. The molecule has 0 saturated heterocycles. The van der Waals surface area contributed by atoms with Gasteiger partial charge in [-0.15, -0.1) is 0 Å². The van der Waals surface area contributed by atoms with Crippen molar-refractivity contribution in [1.29, 1.82) is 0 Å². The SMILES string of the molecule is O=S(=O)(Oc1ccc(Cl)cc1Cl)c1ccc(Cl)cc1Cl. The average molecular weight is 372 g/mol. The molecule has 0 saturated carbocycles. The summed E-state index contributed by atoms with van der Waals surface area (Å²) in [6, 6.07) is 8.14. The predicted molar refractivity (Wildman–Crippen MR) is 80.7 cm³/mol. The second kappa shape index (κ2) is 6.00. The van der Waals surface area contributed by atoms with Crippen molar-refractivity contribution < 1.29 is 12.6 Å². The van der Waals surface area contributed by atoms with E-state index in [2.05, 4.69) is 0 Å². The van der Waals surface area contributed by atoms with E-state index in [1.807, 2.05) is 0 Å². The summed E-state index contributed by atoms with van der Waals surface area (Å²) in [5, 5.41) is 0.719. The maximum atomic E-state index is 12.1. The zero-order chi connectivity index (χ0) is 14.9. The van der Waals surface area contributed by atoms with Crippen molar-refractivity contribution in [1.82, 2.24) is 0 Å². The highest BCUT2D eigenvalue weighted by molar-refractivity contribution is 7.87. The summed E-state index contributed by atoms with van der Waals surface area (Å²) in [6.07, 6.45) is 0. The lowest BCUT2D eigenvalue weighted by Crippen LogP contribution is -2.10. The van der Waals surface area contributed by atoms with Gasteiger partial charge in [0.05, 0.1) is 10.0 Å². The number of hydrogen-bond donors (Lipinski definition) is 0. The lowest BCUT2D eigenvalue weighted by atomic mass is 10.3. The Morgan fingerprint density at radius 2 is 1.35 bits per heavy atom. The first kappa shape index (κ1) is 15.7. The van der Waals surface area contributed by atoms with Gasteiger partial charge in [0.2, 0.25) is 0 Å². The Hall–Kier alpha value is -0.650. The topological polar surface area (TPSA) is 43.4 Å². The van der Waals surface area contributed by atoms with Gasteiger partial charge in [-0.05, 0) is 36.4 Å². The summed E-state index contributed by atoms with van der Waals surface area (Å²) in [7, 11) is -4.11. The second-order valence-corrected chi connectivity index (χ2v) is 6.89. The van der Waals surface area contributed by atoms with Crippen LogP contribution in [-0.2, 0) is 10.1 Å². The molecule has 0 amide bonds. The Morgan fingerprint density at radius 3 is 1.90 bits per heavy atom. The van der Waals surface area contributed by atoms with E-state index >= 15 is 0 Å². The summed E-state index contributed by atoms with van der Waals surface area (Å²) in [5.41, 5.74) is 0. The molecule has 2 rings (SSSR count). The van der Waals surface area contributed by atoms with E-state index < -0.39 is 10.1 Å². The van der Waals surface area contributed by atoms with Crippen LogP contribution in [0.5, 0.6) is 5.75 Å². The number of hydrogen-bond acceptors (Lipinski definition) is 3. The summed E-state index contributed by atoms with van der Waals surface area (Å²) in [6.45, 7) is 0. The van der Waals surface area contributed by atoms with Gasteiger partial charge in [-0.25, -0.2) is 0 Å². The molecule has 0 radical (unpaired) electrons. The molecule has 0 aliphatic rings. The van der Waals surface area contributed by atoms with E-state index in [4.69, 9.17) is 50.6 Å². The van der Waals surface area contributed by atoms with Crippen molar-refractivity contribution in [3.63, 3.8) is 0 Å². The molecule has 0 bridgehead atoms. The van der Waals surface area contributed by atoms with Crippen molar-refractivity contribution in [2.75, 3.05) is 0 Å². The van der Waals surface area contributed by atoms with Crippen molar-refractivity contribution in [2.24, 2.45) is 0 Å². The summed E-state index contributed by atoms with van der Waals surface area (Å²) < 4.78 is 29.2. The van der Waals surface area contributed by atoms with Crippen LogP contribution in [0.1, 0.15) is 0 Å². The average Bonchev–Trinajstić information content (AvgIpc) is 2.32. The standard InChI is InChI=1S/C12H6Cl4O3S/c13-7-1-3-11(9(15)5-7)19-20(17,18)12-4-2-8(14)6-10(12)16/h1-6H. The highest BCUT2D eigenvalue weighted by atomic mass is 35.5. The smallest absolute Gasteiger partial charge is 0.340 e. The predicted octanol–water partition coefficient (Wildman–Crippen LogP) is 5.07. The van der Waals surface area contributed by atoms with Gasteiger partial charge >= 0.3 is 10.1 Å². The van der Waals surface area contributed by atoms with Gasteiger partial charge in [0.15, 0.2) is 5.75 Å². The summed E-state index contributed by atoms with van der Waals surface area (Å²) >= 11 is 23.1. The molecule has 2 aromatic rings. The van der Waals surface area contributed by atoms with Crippen LogP contribution >= 0.6 is 46.4 Å². The van der Waals surface area contributed by atoms with E-state index in [0.29, 0.717) is 10.0 Å². The van der Waals surface area contributed by atoms with Crippen molar-refractivity contribution in [3.05, 3.63) is 56.5 Å². The van der Waals surface area contributed by atoms with Crippen LogP contribution in [0.15, 0.2) is 41.3 Å². The Labute approximate surface area is 136 Å². The molecule has 106 valence electrons. The quantitative estimate of drug-likeness (QED) is 0.707. The first-order valence-electron chi connectivity index (χ1n) is 5.14. The van der Waals surface area contributed by atoms with Crippen LogP contribution in [-0.4, -0.2) is 8.42 Å². The van der Waals surface area contributed by atoms with Gasteiger partial charge in [-0.2, -0.15) is 8.42 Å². The molecule has 8 heteroatoms. The molecule has 0 fully saturated rings. The highest BCUT2D eigenvalue weighted by Crippen LogP contribution is 2.32. The van der Waals surface area contributed by atoms with Crippen LogP contribution in [0, 0.1) is 0 Å². The molecule has 0 unspecified atom stereocenters. The van der Waals surface area contributed by atoms with Gasteiger partial charge in [0.25, 0.3) is 0 Å². The molecular formula is C12H6Cl4O3S. The molecule has 0 aliphatic carbocycles. The van der Waals surface area contributed by atoms with Crippen LogP contribution in [0.2, 0.25) is 20.1 Å². The van der Waals surface area contributed by atoms with Gasteiger partial charge in [0, 0.05) is 10.0 Å². The third-order valence-electron chi connectivity index (χ3n) is 2.26. The molecule has 0 aromatic heterocycles. The van der Waals surface area contributed by atoms with Gasteiger partial charge in [0.1, 0.15) is 4.90 Å². The van der Waals surface area contributed by atoms with Crippen LogP contribution in [0.3, 0.4) is 0 Å². The molecule has 2 aromatic carbocycles. The zero-order valence-electron chi connectivity index (χ0n) is 9.61. The molecule has 20 heavy (non-hydrogen) atoms. The lowest BCUT2D eigenvalue weighted by Gasteiger charge is -2.10. The molecule has 0 spiro atoms. The summed E-state index contributed by atoms with van der Waals surface area (Å²) in [4.78, 5) is -0.199. The zero-order valence-corrected chi connectivity index (χ0v) is 13.4. The van der Waals surface area contributed by atoms with Crippen molar-refractivity contribution in [3.8, 4) is 5.75 Å². The minimum atomic E-state index is -4.11. The second-order valence-electron chi connectivity index (χ2n) is 3.69. The van der Waals surface area contributed by atoms with Crippen LogP contribution < -0.4 is 4.18 Å². The maximum absolute atomic E-state index is 12.1. The minimum absolute atomic E-state index is 0.0393. The highest BCUT2D eigenvalue weighted by Gasteiger charge is 2.21. The Balaban J connectivity index is 2.41. The van der Waals surface area contributed by atoms with E-state index in [9.17, 15) is 8.42 Å². The number of rotatable bonds is 3. The molecule has 0 heterocycles. The minimum Gasteiger partial charge on any atom is -0.377 e. The third kappa shape index (κ3) is 3.51. The first-order valence-corrected chi connectivity index (χ1v) is 8.06. The van der Waals surface area contributed by atoms with Gasteiger partial charge < -0.3 is 4.18 Å². The normalized spacial score (nSPS) is 11.4. The van der Waals surface area contributed by atoms with Crippen LogP contribution in [0.4, 0.5) is 0 Å². The molecule has 0 aliphatic heterocycles. The number of halogens is 4. The van der Waals surface area contributed by atoms with E-state index in [1.165, 1.54) is 36.4 Å². The fourth-order valence-electron chi connectivity index (χ4n) is 1.38. The van der Waals surface area contributed by atoms with E-state index in [1.54, 1.807) is 0 Å². The fourth-order valence-corrected chi connectivity index (χ4v) is 3.57. The fraction of sp³-hybridized carbons (Fsp3) is 0. The molecule has 0 N–H and O–H groups in total. The van der Waals surface area contributed by atoms with Crippen molar-refractivity contribution in [2.45, 2.75) is 4.90 Å². The van der Waals surface area contributed by atoms with Crippen LogP contribution in [0.25, 0.3) is 0 Å². The van der Waals surface area contributed by atoms with Gasteiger partial charge in [-0.1, -0.05) is 46.4 Å². The largest absolute Gasteiger partial charge is 0.377 e. The maximum Gasteiger partial charge on any atom is 0.340 e. The lowest BCUT2D eigenvalue weighted by molar-refractivity contribution is 0.486. The van der Waals surface area contributed by atoms with E-state index in [0.717, 1.165) is 0 Å². The van der Waals surface area contributed by atoms with Gasteiger partial charge in [-0.3, -0.25) is 0 Å². The monoisotopic (exact) mass is 370 g/mol. The Kier molecular flexibility index (Phi) is 4.72. The third-order valence-corrected chi connectivity index (χ3v) is 4.74. The first-order chi connectivity index (χ1) is 9.29. The Bertz CT molecular complexity index is 759.